The Morgan fingerprint density at radius 2 is 2.00 bits per heavy atom. The van der Waals surface area contributed by atoms with Crippen LogP contribution in [0, 0.1) is 10.1 Å². The second kappa shape index (κ2) is 5.04. The first-order valence-electron chi connectivity index (χ1n) is 3.54. The standard InChI is InChI=1S/C5H11NO5S/c1-2-3-4-5-11-12(9,10)6(7)8/h2-5H2,1H3. The van der Waals surface area contributed by atoms with E-state index in [2.05, 4.69) is 4.18 Å². The number of hydrogen-bond donors (Lipinski definition) is 0. The van der Waals surface area contributed by atoms with E-state index in [0.717, 1.165) is 12.8 Å². The van der Waals surface area contributed by atoms with E-state index in [1.165, 1.54) is 0 Å². The third-order valence-corrected chi connectivity index (χ3v) is 1.99. The van der Waals surface area contributed by atoms with Gasteiger partial charge in [-0.3, -0.25) is 0 Å². The number of hydrogen-bond acceptors (Lipinski definition) is 5. The van der Waals surface area contributed by atoms with E-state index in [9.17, 15) is 18.5 Å². The first-order valence-corrected chi connectivity index (χ1v) is 4.91. The average molecular weight is 197 g/mol. The van der Waals surface area contributed by atoms with Crippen LogP contribution in [0.1, 0.15) is 26.2 Å². The summed E-state index contributed by atoms with van der Waals surface area (Å²) in [5.41, 5.74) is 0. The summed E-state index contributed by atoms with van der Waals surface area (Å²) in [5.74, 6) is 0. The van der Waals surface area contributed by atoms with Crippen molar-refractivity contribution in [1.29, 1.82) is 0 Å². The Labute approximate surface area is 70.9 Å². The molecule has 0 aromatic heterocycles. The van der Waals surface area contributed by atoms with Crippen molar-refractivity contribution in [1.82, 2.24) is 0 Å². The fourth-order valence-corrected chi connectivity index (χ4v) is 0.974. The van der Waals surface area contributed by atoms with Gasteiger partial charge in [-0.2, -0.15) is 0 Å². The van der Waals surface area contributed by atoms with Crippen molar-refractivity contribution >= 4 is 10.3 Å². The SMILES string of the molecule is CCCCCOS(=O)(=O)[N+](=O)[O-]. The van der Waals surface area contributed by atoms with Gasteiger partial charge in [0.1, 0.15) is 0 Å². The first-order chi connectivity index (χ1) is 5.50. The molecule has 0 spiro atoms. The lowest BCUT2D eigenvalue weighted by Crippen LogP contribution is -2.16. The monoisotopic (exact) mass is 197 g/mol. The molecule has 0 unspecified atom stereocenters. The topological polar surface area (TPSA) is 86.5 Å². The van der Waals surface area contributed by atoms with Gasteiger partial charge in [0.15, 0.2) is 4.33 Å². The fraction of sp³-hybridized carbons (Fsp3) is 1.00. The van der Waals surface area contributed by atoms with Crippen LogP contribution in [0.2, 0.25) is 0 Å². The molecule has 6 nitrogen and oxygen atoms in total. The fourth-order valence-electron chi connectivity index (χ4n) is 0.559. The molecule has 0 atom stereocenters. The molecule has 0 aliphatic rings. The molecule has 72 valence electrons. The normalized spacial score (nSPS) is 11.4. The molecule has 0 saturated heterocycles. The van der Waals surface area contributed by atoms with Gasteiger partial charge in [-0.1, -0.05) is 19.8 Å². The van der Waals surface area contributed by atoms with Gasteiger partial charge in [0.2, 0.25) is 0 Å². The summed E-state index contributed by atoms with van der Waals surface area (Å²) in [5, 5.41) is 9.78. The van der Waals surface area contributed by atoms with Crippen LogP contribution in [-0.2, 0) is 14.5 Å². The minimum atomic E-state index is -4.56. The van der Waals surface area contributed by atoms with E-state index in [-0.39, 0.29) is 6.61 Å². The summed E-state index contributed by atoms with van der Waals surface area (Å²) < 4.78 is 23.4. The predicted molar refractivity (Wildman–Crippen MR) is 41.4 cm³/mol. The molecule has 0 rings (SSSR count). The Hall–Kier alpha value is -0.690. The Morgan fingerprint density at radius 1 is 1.42 bits per heavy atom. The minimum absolute atomic E-state index is 0.114. The Kier molecular flexibility index (Phi) is 4.75. The zero-order chi connectivity index (χ0) is 9.61. The van der Waals surface area contributed by atoms with Gasteiger partial charge in [-0.15, -0.1) is 8.42 Å². The molecule has 0 amide bonds. The van der Waals surface area contributed by atoms with Gasteiger partial charge in [0.05, 0.1) is 6.61 Å². The van der Waals surface area contributed by atoms with Crippen LogP contribution in [0.15, 0.2) is 0 Å². The van der Waals surface area contributed by atoms with Gasteiger partial charge in [0.25, 0.3) is 0 Å². The molecule has 12 heavy (non-hydrogen) atoms. The predicted octanol–water partition coefficient (Wildman–Crippen LogP) is 0.715. The lowest BCUT2D eigenvalue weighted by Gasteiger charge is -1.96. The van der Waals surface area contributed by atoms with E-state index in [1.807, 2.05) is 6.92 Å². The van der Waals surface area contributed by atoms with Gasteiger partial charge >= 0.3 is 10.3 Å². The number of unbranched alkanes of at least 4 members (excludes halogenated alkanes) is 2. The average Bonchev–Trinajstić information content (AvgIpc) is 1.98. The number of nitrogens with zero attached hydrogens (tertiary/aromatic N) is 1. The highest BCUT2D eigenvalue weighted by Crippen LogP contribution is 1.99. The molecule has 0 N–H and O–H groups in total. The maximum atomic E-state index is 10.4. The van der Waals surface area contributed by atoms with Crippen LogP contribution >= 0.6 is 0 Å². The Bertz CT molecular complexity index is 234. The van der Waals surface area contributed by atoms with Crippen LogP contribution in [-0.4, -0.2) is 19.4 Å². The molecule has 0 aliphatic heterocycles. The van der Waals surface area contributed by atoms with Crippen LogP contribution in [0.3, 0.4) is 0 Å². The van der Waals surface area contributed by atoms with Gasteiger partial charge in [-0.25, -0.2) is 14.3 Å². The quantitative estimate of drug-likeness (QED) is 0.355. The summed E-state index contributed by atoms with van der Waals surface area (Å²) in [6.45, 7) is 1.82. The smallest absolute Gasteiger partial charge is 0.245 e. The maximum Gasteiger partial charge on any atom is 0.566 e. The highest BCUT2D eigenvalue weighted by molar-refractivity contribution is 7.80. The van der Waals surface area contributed by atoms with Crippen molar-refractivity contribution in [3.8, 4) is 0 Å². The molecule has 0 saturated carbocycles. The lowest BCUT2D eigenvalue weighted by atomic mass is 10.3. The molecule has 0 heterocycles. The summed E-state index contributed by atoms with van der Waals surface area (Å²) >= 11 is 0. The van der Waals surface area contributed by atoms with Crippen molar-refractivity contribution in [3.05, 3.63) is 10.1 Å². The summed E-state index contributed by atoms with van der Waals surface area (Å²) in [7, 11) is -4.56. The van der Waals surface area contributed by atoms with Gasteiger partial charge in [0, 0.05) is 0 Å². The number of rotatable bonds is 6. The summed E-state index contributed by atoms with van der Waals surface area (Å²) in [4.78, 5) is 9.78. The van der Waals surface area contributed by atoms with Gasteiger partial charge in [-0.05, 0) is 6.42 Å². The zero-order valence-electron chi connectivity index (χ0n) is 6.73. The molecule has 0 aromatic carbocycles. The van der Waals surface area contributed by atoms with Crippen molar-refractivity contribution in [2.24, 2.45) is 0 Å². The number of nitro groups is 1. The van der Waals surface area contributed by atoms with Crippen molar-refractivity contribution < 1.29 is 16.9 Å². The van der Waals surface area contributed by atoms with Crippen molar-refractivity contribution in [2.75, 3.05) is 6.61 Å². The molecule has 7 heteroatoms. The van der Waals surface area contributed by atoms with E-state index in [4.69, 9.17) is 0 Å². The highest BCUT2D eigenvalue weighted by atomic mass is 32.2. The summed E-state index contributed by atoms with van der Waals surface area (Å²) in [6.07, 6.45) is 2.22. The van der Waals surface area contributed by atoms with E-state index < -0.39 is 14.6 Å². The second-order valence-corrected chi connectivity index (χ2v) is 3.57. The third kappa shape index (κ3) is 4.24. The van der Waals surface area contributed by atoms with Crippen molar-refractivity contribution in [3.63, 3.8) is 0 Å². The molecular weight excluding hydrogens is 186 g/mol. The lowest BCUT2D eigenvalue weighted by molar-refractivity contribution is -0.318. The molecule has 0 radical (unpaired) electrons. The van der Waals surface area contributed by atoms with Gasteiger partial charge < -0.3 is 0 Å². The van der Waals surface area contributed by atoms with Crippen LogP contribution < -0.4 is 0 Å². The maximum absolute atomic E-state index is 10.4. The molecule has 0 fully saturated rings. The van der Waals surface area contributed by atoms with E-state index in [1.54, 1.807) is 0 Å². The largest absolute Gasteiger partial charge is 0.566 e. The first kappa shape index (κ1) is 11.3. The highest BCUT2D eigenvalue weighted by Gasteiger charge is 2.24. The summed E-state index contributed by atoms with van der Waals surface area (Å²) in [6, 6.07) is 0. The Balaban J connectivity index is 3.71. The van der Waals surface area contributed by atoms with Crippen molar-refractivity contribution in [2.45, 2.75) is 26.2 Å². The zero-order valence-corrected chi connectivity index (χ0v) is 7.54. The third-order valence-electron chi connectivity index (χ3n) is 1.16. The van der Waals surface area contributed by atoms with Crippen LogP contribution in [0.5, 0.6) is 0 Å². The Morgan fingerprint density at radius 3 is 2.42 bits per heavy atom. The van der Waals surface area contributed by atoms with Crippen LogP contribution in [0.25, 0.3) is 0 Å². The molecular formula is C5H11NO5S. The minimum Gasteiger partial charge on any atom is -0.245 e. The molecule has 0 aromatic rings. The van der Waals surface area contributed by atoms with E-state index in [0.29, 0.717) is 6.42 Å². The molecule has 0 aliphatic carbocycles. The van der Waals surface area contributed by atoms with Crippen LogP contribution in [0.4, 0.5) is 0 Å². The second-order valence-electron chi connectivity index (χ2n) is 2.18. The van der Waals surface area contributed by atoms with E-state index >= 15 is 0 Å². The molecule has 0 bridgehead atoms.